The molecule has 1 amide bonds. The summed E-state index contributed by atoms with van der Waals surface area (Å²) < 4.78 is 1.88. The van der Waals surface area contributed by atoms with Crippen molar-refractivity contribution in [3.63, 3.8) is 0 Å². The lowest BCUT2D eigenvalue weighted by Gasteiger charge is -2.19. The Morgan fingerprint density at radius 2 is 1.68 bits per heavy atom. The molecule has 0 aliphatic heterocycles. The van der Waals surface area contributed by atoms with Crippen molar-refractivity contribution in [3.05, 3.63) is 83.7 Å². The van der Waals surface area contributed by atoms with Gasteiger partial charge in [-0.2, -0.15) is 9.61 Å². The normalized spacial score (nSPS) is 17.4. The first kappa shape index (κ1) is 25.0. The second-order valence-electron chi connectivity index (χ2n) is 9.98. The van der Waals surface area contributed by atoms with Crippen LogP contribution in [0.15, 0.2) is 66.9 Å². The summed E-state index contributed by atoms with van der Waals surface area (Å²) in [6.45, 7) is 4.95. The van der Waals surface area contributed by atoms with Crippen LogP contribution in [0.2, 0.25) is 0 Å². The molecule has 1 fully saturated rings. The van der Waals surface area contributed by atoms with E-state index in [4.69, 9.17) is 10.7 Å². The maximum absolute atomic E-state index is 13.0. The smallest absolute Gasteiger partial charge is 0.251 e. The monoisotopic (exact) mass is 496 g/mol. The number of carbonyl (C=O) groups is 1. The van der Waals surface area contributed by atoms with Gasteiger partial charge in [-0.3, -0.25) is 4.79 Å². The van der Waals surface area contributed by atoms with E-state index in [0.717, 1.165) is 66.0 Å². The molecule has 7 heteroatoms. The molecule has 4 aromatic rings. The van der Waals surface area contributed by atoms with Crippen LogP contribution in [0.4, 0.5) is 5.82 Å². The summed E-state index contributed by atoms with van der Waals surface area (Å²) in [5.41, 5.74) is 11.7. The lowest BCUT2D eigenvalue weighted by molar-refractivity contribution is 0.0938. The van der Waals surface area contributed by atoms with Gasteiger partial charge in [0.05, 0.1) is 6.20 Å². The molecule has 1 aliphatic carbocycles. The van der Waals surface area contributed by atoms with Crippen molar-refractivity contribution in [1.29, 1.82) is 0 Å². The molecule has 0 saturated heterocycles. The van der Waals surface area contributed by atoms with E-state index in [-0.39, 0.29) is 18.0 Å². The van der Waals surface area contributed by atoms with E-state index in [2.05, 4.69) is 47.8 Å². The van der Waals surface area contributed by atoms with Gasteiger partial charge in [0.15, 0.2) is 5.65 Å². The topological polar surface area (TPSA) is 97.3 Å². The molecule has 5 rings (SSSR count). The van der Waals surface area contributed by atoms with Crippen LogP contribution in [0.5, 0.6) is 0 Å². The van der Waals surface area contributed by atoms with E-state index >= 15 is 0 Å². The lowest BCUT2D eigenvalue weighted by atomic mass is 9.99. The molecule has 2 atom stereocenters. The van der Waals surface area contributed by atoms with Crippen LogP contribution < -0.4 is 16.4 Å². The number of aromatic nitrogens is 3. The van der Waals surface area contributed by atoms with Gasteiger partial charge in [-0.05, 0) is 60.9 Å². The molecule has 4 N–H and O–H groups in total. The standard InChI is InChI=1S/C30H36N6O/c1-3-21(4-2)27-18-29(36-28(35-27)15-16-32-36)33-25-13-14-26(17-25)34-30(37)24-11-9-23(10-12-24)22-7-5-20(19-31)6-8-22/h5-12,15-16,18,21,25-26,33H,3-4,13-14,17,19,31H2,1-2H3,(H,34,37)/t25-,26-/m0/s1. The number of nitrogens with one attached hydrogen (secondary N) is 2. The molecule has 2 aromatic carbocycles. The van der Waals surface area contributed by atoms with Crippen LogP contribution in [-0.4, -0.2) is 32.6 Å². The fourth-order valence-electron chi connectivity index (χ4n) is 5.32. The number of fused-ring (bicyclic) bond motifs is 1. The van der Waals surface area contributed by atoms with Crippen LogP contribution in [0, 0.1) is 0 Å². The third kappa shape index (κ3) is 5.52. The largest absolute Gasteiger partial charge is 0.367 e. The minimum absolute atomic E-state index is 0.0231. The third-order valence-corrected chi connectivity index (χ3v) is 7.57. The zero-order valence-electron chi connectivity index (χ0n) is 21.7. The first-order chi connectivity index (χ1) is 18.1. The maximum Gasteiger partial charge on any atom is 0.251 e. The highest BCUT2D eigenvalue weighted by Crippen LogP contribution is 2.28. The molecule has 0 spiro atoms. The summed E-state index contributed by atoms with van der Waals surface area (Å²) in [6.07, 6.45) is 6.74. The van der Waals surface area contributed by atoms with Crippen molar-refractivity contribution in [3.8, 4) is 11.1 Å². The van der Waals surface area contributed by atoms with Crippen LogP contribution in [-0.2, 0) is 6.54 Å². The highest BCUT2D eigenvalue weighted by Gasteiger charge is 2.27. The molecule has 1 aliphatic rings. The summed E-state index contributed by atoms with van der Waals surface area (Å²) in [7, 11) is 0. The number of hydrogen-bond acceptors (Lipinski definition) is 5. The van der Waals surface area contributed by atoms with Crippen LogP contribution in [0.3, 0.4) is 0 Å². The number of carbonyl (C=O) groups excluding carboxylic acids is 1. The molecular weight excluding hydrogens is 460 g/mol. The van der Waals surface area contributed by atoms with Gasteiger partial charge in [-0.25, -0.2) is 4.98 Å². The molecule has 0 bridgehead atoms. The van der Waals surface area contributed by atoms with Gasteiger partial charge in [0.1, 0.15) is 5.82 Å². The molecule has 192 valence electrons. The first-order valence-corrected chi connectivity index (χ1v) is 13.4. The molecule has 0 unspecified atom stereocenters. The van der Waals surface area contributed by atoms with Gasteiger partial charge in [0, 0.05) is 47.9 Å². The minimum atomic E-state index is -0.0231. The second kappa shape index (κ2) is 11.1. The van der Waals surface area contributed by atoms with Crippen molar-refractivity contribution < 1.29 is 4.79 Å². The van der Waals surface area contributed by atoms with Crippen LogP contribution in [0.1, 0.15) is 73.5 Å². The number of hydrogen-bond donors (Lipinski definition) is 3. The average molecular weight is 497 g/mol. The van der Waals surface area contributed by atoms with E-state index < -0.39 is 0 Å². The number of benzene rings is 2. The second-order valence-corrected chi connectivity index (χ2v) is 9.98. The predicted molar refractivity (Wildman–Crippen MR) is 149 cm³/mol. The number of rotatable bonds is 9. The molecule has 0 radical (unpaired) electrons. The van der Waals surface area contributed by atoms with Gasteiger partial charge >= 0.3 is 0 Å². The van der Waals surface area contributed by atoms with Crippen molar-refractivity contribution in [2.45, 2.75) is 70.5 Å². The SMILES string of the molecule is CCC(CC)c1cc(N[C@H]2CC[C@H](NC(=O)c3ccc(-c4ccc(CN)cc4)cc3)C2)n2nccc2n1. The van der Waals surface area contributed by atoms with Crippen molar-refractivity contribution in [2.75, 3.05) is 5.32 Å². The first-order valence-electron chi connectivity index (χ1n) is 13.4. The van der Waals surface area contributed by atoms with Gasteiger partial charge in [0.25, 0.3) is 5.91 Å². The Morgan fingerprint density at radius 1 is 1.00 bits per heavy atom. The number of amides is 1. The van der Waals surface area contributed by atoms with Crippen molar-refractivity contribution in [2.24, 2.45) is 5.73 Å². The molecule has 1 saturated carbocycles. The quantitative estimate of drug-likeness (QED) is 0.283. The summed E-state index contributed by atoms with van der Waals surface area (Å²) in [5.74, 6) is 1.39. The Morgan fingerprint density at radius 3 is 2.35 bits per heavy atom. The van der Waals surface area contributed by atoms with Gasteiger partial charge in [-0.15, -0.1) is 0 Å². The number of anilines is 1. The number of nitrogens with zero attached hydrogens (tertiary/aromatic N) is 3. The fourth-order valence-corrected chi connectivity index (χ4v) is 5.32. The lowest BCUT2D eigenvalue weighted by Crippen LogP contribution is -2.34. The Hall–Kier alpha value is -3.71. The molecule has 7 nitrogen and oxygen atoms in total. The molecule has 2 heterocycles. The Kier molecular flexibility index (Phi) is 7.51. The summed E-state index contributed by atoms with van der Waals surface area (Å²) in [4.78, 5) is 17.8. The predicted octanol–water partition coefficient (Wildman–Crippen LogP) is 5.52. The van der Waals surface area contributed by atoms with E-state index in [1.807, 2.05) is 47.0 Å². The highest BCUT2D eigenvalue weighted by molar-refractivity contribution is 5.94. The average Bonchev–Trinajstić information content (AvgIpc) is 3.59. The van der Waals surface area contributed by atoms with E-state index in [1.54, 1.807) is 6.20 Å². The van der Waals surface area contributed by atoms with Gasteiger partial charge < -0.3 is 16.4 Å². The Labute approximate surface area is 218 Å². The van der Waals surface area contributed by atoms with Crippen molar-refractivity contribution >= 4 is 17.4 Å². The van der Waals surface area contributed by atoms with Gasteiger partial charge in [0.2, 0.25) is 0 Å². The zero-order chi connectivity index (χ0) is 25.8. The fraction of sp³-hybridized carbons (Fsp3) is 0.367. The number of nitrogens with two attached hydrogens (primary N) is 1. The minimum Gasteiger partial charge on any atom is -0.367 e. The molecule has 2 aromatic heterocycles. The highest BCUT2D eigenvalue weighted by atomic mass is 16.1. The molecule has 37 heavy (non-hydrogen) atoms. The van der Waals surface area contributed by atoms with Crippen LogP contribution in [0.25, 0.3) is 16.8 Å². The third-order valence-electron chi connectivity index (χ3n) is 7.57. The van der Waals surface area contributed by atoms with Crippen molar-refractivity contribution in [1.82, 2.24) is 19.9 Å². The summed E-state index contributed by atoms with van der Waals surface area (Å²) in [6, 6.07) is 20.5. The Balaban J connectivity index is 1.21. The molecular formula is C30H36N6O. The summed E-state index contributed by atoms with van der Waals surface area (Å²) in [5, 5.41) is 11.4. The van der Waals surface area contributed by atoms with Crippen LogP contribution >= 0.6 is 0 Å². The van der Waals surface area contributed by atoms with Gasteiger partial charge in [-0.1, -0.05) is 50.2 Å². The van der Waals surface area contributed by atoms with E-state index in [0.29, 0.717) is 18.0 Å². The Bertz CT molecular complexity index is 1340. The maximum atomic E-state index is 13.0. The van der Waals surface area contributed by atoms with E-state index in [1.165, 1.54) is 0 Å². The zero-order valence-corrected chi connectivity index (χ0v) is 21.7. The van der Waals surface area contributed by atoms with E-state index in [9.17, 15) is 4.79 Å². The summed E-state index contributed by atoms with van der Waals surface area (Å²) >= 11 is 0.